The molecule has 0 N–H and O–H groups in total. The van der Waals surface area contributed by atoms with Gasteiger partial charge in [0.05, 0.1) is 11.4 Å². The van der Waals surface area contributed by atoms with Gasteiger partial charge < -0.3 is 4.90 Å². The van der Waals surface area contributed by atoms with Gasteiger partial charge in [0.15, 0.2) is 0 Å². The monoisotopic (exact) mass is 276 g/mol. The Morgan fingerprint density at radius 1 is 1.47 bits per heavy atom. The van der Waals surface area contributed by atoms with E-state index in [1.165, 1.54) is 16.7 Å². The fraction of sp³-hybridized carbons (Fsp3) is 0.538. The predicted molar refractivity (Wildman–Crippen MR) is 72.9 cm³/mol. The third-order valence-corrected chi connectivity index (χ3v) is 3.92. The molecule has 1 saturated carbocycles. The van der Waals surface area contributed by atoms with Crippen LogP contribution in [0.4, 0.5) is 0 Å². The number of carbonyl (C=O) groups excluding carboxylic acids is 1. The molecule has 1 aliphatic rings. The maximum atomic E-state index is 11.6. The standard InChI is InChI=1S/C13H16N4OS/c1-8-10(6-14)13(19-7-11(18)17(2)3)16-12(15-8)9-4-5-9/h9H,4-5,7H2,1-3H3. The van der Waals surface area contributed by atoms with Crippen molar-refractivity contribution >= 4 is 17.7 Å². The van der Waals surface area contributed by atoms with Crippen LogP contribution in [0.1, 0.15) is 35.8 Å². The van der Waals surface area contributed by atoms with Crippen molar-refractivity contribution in [3.63, 3.8) is 0 Å². The van der Waals surface area contributed by atoms with E-state index in [9.17, 15) is 10.1 Å². The lowest BCUT2D eigenvalue weighted by molar-refractivity contribution is -0.125. The number of thioether (sulfide) groups is 1. The first-order valence-electron chi connectivity index (χ1n) is 6.14. The fourth-order valence-electron chi connectivity index (χ4n) is 1.58. The molecule has 1 aromatic rings. The van der Waals surface area contributed by atoms with Crippen LogP contribution in [0.3, 0.4) is 0 Å². The molecular weight excluding hydrogens is 260 g/mol. The van der Waals surface area contributed by atoms with Gasteiger partial charge in [0.1, 0.15) is 22.5 Å². The van der Waals surface area contributed by atoms with Gasteiger partial charge in [0, 0.05) is 20.0 Å². The molecule has 0 atom stereocenters. The zero-order chi connectivity index (χ0) is 14.0. The molecule has 6 heteroatoms. The number of carbonyl (C=O) groups is 1. The zero-order valence-electron chi connectivity index (χ0n) is 11.3. The van der Waals surface area contributed by atoms with E-state index in [2.05, 4.69) is 16.0 Å². The molecule has 0 saturated heterocycles. The van der Waals surface area contributed by atoms with E-state index < -0.39 is 0 Å². The van der Waals surface area contributed by atoms with Crippen LogP contribution < -0.4 is 0 Å². The number of rotatable bonds is 4. The van der Waals surface area contributed by atoms with Crippen molar-refractivity contribution in [3.8, 4) is 6.07 Å². The quantitative estimate of drug-likeness (QED) is 0.618. The van der Waals surface area contributed by atoms with Crippen molar-refractivity contribution in [1.29, 1.82) is 5.26 Å². The number of amides is 1. The molecule has 1 amide bonds. The minimum absolute atomic E-state index is 0.0122. The second kappa shape index (κ2) is 5.57. The summed E-state index contributed by atoms with van der Waals surface area (Å²) in [6.45, 7) is 1.82. The fourth-order valence-corrected chi connectivity index (χ4v) is 2.60. The molecule has 19 heavy (non-hydrogen) atoms. The summed E-state index contributed by atoms with van der Waals surface area (Å²) in [7, 11) is 3.43. The molecule has 1 heterocycles. The summed E-state index contributed by atoms with van der Waals surface area (Å²) in [5.41, 5.74) is 1.19. The lowest BCUT2D eigenvalue weighted by Crippen LogP contribution is -2.23. The molecule has 5 nitrogen and oxygen atoms in total. The summed E-state index contributed by atoms with van der Waals surface area (Å²) in [6, 6.07) is 2.13. The van der Waals surface area contributed by atoms with Crippen molar-refractivity contribution in [3.05, 3.63) is 17.1 Å². The molecule has 1 aliphatic carbocycles. The van der Waals surface area contributed by atoms with Crippen molar-refractivity contribution in [1.82, 2.24) is 14.9 Å². The Hall–Kier alpha value is -1.61. The van der Waals surface area contributed by atoms with Gasteiger partial charge >= 0.3 is 0 Å². The number of nitrogens with zero attached hydrogens (tertiary/aromatic N) is 4. The highest BCUT2D eigenvalue weighted by atomic mass is 32.2. The van der Waals surface area contributed by atoms with Gasteiger partial charge in [-0.1, -0.05) is 11.8 Å². The second-order valence-corrected chi connectivity index (χ2v) is 5.77. The Labute approximate surface area is 117 Å². The first kappa shape index (κ1) is 13.8. The van der Waals surface area contributed by atoms with Gasteiger partial charge in [-0.3, -0.25) is 4.79 Å². The molecule has 0 spiro atoms. The summed E-state index contributed by atoms with van der Waals surface area (Å²) < 4.78 is 0. The Kier molecular flexibility index (Phi) is 4.05. The van der Waals surface area contributed by atoms with Crippen LogP contribution in [0.15, 0.2) is 5.03 Å². The molecular formula is C13H16N4OS. The van der Waals surface area contributed by atoms with Crippen LogP contribution in [-0.2, 0) is 4.79 Å². The zero-order valence-corrected chi connectivity index (χ0v) is 12.1. The Morgan fingerprint density at radius 3 is 2.68 bits per heavy atom. The molecule has 100 valence electrons. The highest BCUT2D eigenvalue weighted by molar-refractivity contribution is 8.00. The number of nitriles is 1. The summed E-state index contributed by atoms with van der Waals surface area (Å²) in [6.07, 6.45) is 2.23. The maximum Gasteiger partial charge on any atom is 0.232 e. The first-order valence-corrected chi connectivity index (χ1v) is 7.13. The minimum atomic E-state index is 0.0122. The van der Waals surface area contributed by atoms with E-state index >= 15 is 0 Å². The van der Waals surface area contributed by atoms with E-state index in [-0.39, 0.29) is 5.91 Å². The summed E-state index contributed by atoms with van der Waals surface area (Å²) in [5, 5.41) is 9.81. The molecule has 1 aromatic heterocycles. The number of hydrogen-bond donors (Lipinski definition) is 0. The Morgan fingerprint density at radius 2 is 2.16 bits per heavy atom. The van der Waals surface area contributed by atoms with Gasteiger partial charge in [-0.15, -0.1) is 0 Å². The smallest absolute Gasteiger partial charge is 0.232 e. The molecule has 1 fully saturated rings. The van der Waals surface area contributed by atoms with Crippen LogP contribution in [0.25, 0.3) is 0 Å². The Bertz CT molecular complexity index is 546. The SMILES string of the molecule is Cc1nc(C2CC2)nc(SCC(=O)N(C)C)c1C#N. The van der Waals surface area contributed by atoms with E-state index in [4.69, 9.17) is 0 Å². The van der Waals surface area contributed by atoms with Gasteiger partial charge in [-0.05, 0) is 19.8 Å². The number of hydrogen-bond acceptors (Lipinski definition) is 5. The molecule has 0 bridgehead atoms. The molecule has 0 aliphatic heterocycles. The minimum Gasteiger partial charge on any atom is -0.348 e. The third kappa shape index (κ3) is 3.24. The van der Waals surface area contributed by atoms with Gasteiger partial charge in [0.2, 0.25) is 5.91 Å². The van der Waals surface area contributed by atoms with Crippen LogP contribution in [0.5, 0.6) is 0 Å². The van der Waals surface area contributed by atoms with E-state index in [1.54, 1.807) is 14.1 Å². The van der Waals surface area contributed by atoms with Crippen molar-refractivity contribution < 1.29 is 4.79 Å². The lowest BCUT2D eigenvalue weighted by atomic mass is 10.2. The summed E-state index contributed by atoms with van der Waals surface area (Å²) in [5.74, 6) is 1.56. The molecule has 0 unspecified atom stereocenters. The largest absolute Gasteiger partial charge is 0.348 e. The van der Waals surface area contributed by atoms with Crippen LogP contribution in [-0.4, -0.2) is 40.6 Å². The Balaban J connectivity index is 2.22. The average molecular weight is 276 g/mol. The van der Waals surface area contributed by atoms with Gasteiger partial charge in [0.25, 0.3) is 0 Å². The summed E-state index contributed by atoms with van der Waals surface area (Å²) >= 11 is 1.32. The lowest BCUT2D eigenvalue weighted by Gasteiger charge is -2.11. The number of aryl methyl sites for hydroxylation is 1. The summed E-state index contributed by atoms with van der Waals surface area (Å²) in [4.78, 5) is 22.0. The predicted octanol–water partition coefficient (Wildman–Crippen LogP) is 1.71. The van der Waals surface area contributed by atoms with Crippen LogP contribution >= 0.6 is 11.8 Å². The molecule has 2 rings (SSSR count). The number of aromatic nitrogens is 2. The first-order chi connectivity index (χ1) is 9.02. The molecule has 0 aromatic carbocycles. The van der Waals surface area contributed by atoms with Crippen molar-refractivity contribution in [2.24, 2.45) is 0 Å². The molecule has 0 radical (unpaired) electrons. The third-order valence-electron chi connectivity index (χ3n) is 2.96. The van der Waals surface area contributed by atoms with Crippen LogP contribution in [0.2, 0.25) is 0 Å². The maximum absolute atomic E-state index is 11.6. The normalized spacial score (nSPS) is 14.0. The van der Waals surface area contributed by atoms with Crippen LogP contribution in [0, 0.1) is 18.3 Å². The van der Waals surface area contributed by atoms with Crippen molar-refractivity contribution in [2.45, 2.75) is 30.7 Å². The second-order valence-electron chi connectivity index (χ2n) is 4.81. The van der Waals surface area contributed by atoms with Gasteiger partial charge in [-0.2, -0.15) is 5.26 Å². The topological polar surface area (TPSA) is 69.9 Å². The average Bonchev–Trinajstić information content (AvgIpc) is 3.19. The van der Waals surface area contributed by atoms with Crippen molar-refractivity contribution in [2.75, 3.05) is 19.8 Å². The van der Waals surface area contributed by atoms with E-state index in [0.29, 0.717) is 28.0 Å². The van der Waals surface area contributed by atoms with E-state index in [1.807, 2.05) is 6.92 Å². The highest BCUT2D eigenvalue weighted by Gasteiger charge is 2.28. The van der Waals surface area contributed by atoms with E-state index in [0.717, 1.165) is 18.7 Å². The highest BCUT2D eigenvalue weighted by Crippen LogP contribution is 2.39. The van der Waals surface area contributed by atoms with Gasteiger partial charge in [-0.25, -0.2) is 9.97 Å².